The van der Waals surface area contributed by atoms with Crippen molar-refractivity contribution in [2.75, 3.05) is 13.2 Å². The molecule has 1 saturated heterocycles. The Kier molecular flexibility index (Phi) is 3.44. The van der Waals surface area contributed by atoms with E-state index in [4.69, 9.17) is 21.9 Å². The van der Waals surface area contributed by atoms with Crippen LogP contribution in [0.5, 0.6) is 0 Å². The van der Waals surface area contributed by atoms with Crippen molar-refractivity contribution in [1.29, 1.82) is 0 Å². The Morgan fingerprint density at radius 1 is 1.42 bits per heavy atom. The largest absolute Gasteiger partial charge is 0.449 e. The lowest BCUT2D eigenvalue weighted by Gasteiger charge is -2.36. The summed E-state index contributed by atoms with van der Waals surface area (Å²) in [4.78, 5) is 37.3. The summed E-state index contributed by atoms with van der Waals surface area (Å²) < 4.78 is 4.72. The Morgan fingerprint density at radius 2 is 2.04 bits per heavy atom. The number of hydrogen-bond acceptors (Lipinski definition) is 9. The minimum atomic E-state index is -2.06. The van der Waals surface area contributed by atoms with E-state index in [-0.39, 0.29) is 29.1 Å². The van der Waals surface area contributed by atoms with Crippen LogP contribution < -0.4 is 17.2 Å². The normalized spacial score (nSPS) is 35.5. The third kappa shape index (κ3) is 1.84. The van der Waals surface area contributed by atoms with Crippen LogP contribution in [-0.4, -0.2) is 63.8 Å². The number of primary amides is 1. The second-order valence-corrected chi connectivity index (χ2v) is 6.14. The summed E-state index contributed by atoms with van der Waals surface area (Å²) in [7, 11) is 0. The number of amides is 1. The van der Waals surface area contributed by atoms with Crippen LogP contribution in [0.1, 0.15) is 6.92 Å². The van der Waals surface area contributed by atoms with Gasteiger partial charge in [-0.1, -0.05) is 0 Å². The van der Waals surface area contributed by atoms with E-state index < -0.39 is 48.1 Å². The quantitative estimate of drug-likeness (QED) is 0.328. The molecule has 0 unspecified atom stereocenters. The molecule has 2 heterocycles. The highest BCUT2D eigenvalue weighted by Crippen LogP contribution is 2.49. The lowest BCUT2D eigenvalue weighted by atomic mass is 9.81. The van der Waals surface area contributed by atoms with E-state index >= 15 is 0 Å². The Bertz CT molecular complexity index is 729. The molecule has 0 spiro atoms. The third-order valence-corrected chi connectivity index (χ3v) is 4.89. The fourth-order valence-corrected chi connectivity index (χ4v) is 3.62. The van der Waals surface area contributed by atoms with Crippen LogP contribution in [0.15, 0.2) is 22.5 Å². The van der Waals surface area contributed by atoms with Gasteiger partial charge in [0.15, 0.2) is 5.72 Å². The van der Waals surface area contributed by atoms with E-state index in [1.807, 2.05) is 0 Å². The highest BCUT2D eigenvalue weighted by atomic mass is 16.5. The monoisotopic (exact) mass is 338 g/mol. The van der Waals surface area contributed by atoms with Crippen LogP contribution in [0, 0.1) is 5.92 Å². The molecule has 130 valence electrons. The number of nitrogens with two attached hydrogens (primary N) is 3. The van der Waals surface area contributed by atoms with Crippen molar-refractivity contribution >= 4 is 17.7 Å². The molecule has 8 N–H and O–H groups in total. The molecule has 0 aromatic rings. The molecule has 4 atom stereocenters. The number of fused-ring (bicyclic) bond motifs is 2. The summed E-state index contributed by atoms with van der Waals surface area (Å²) in [5.41, 5.74) is 14.0. The van der Waals surface area contributed by atoms with Crippen LogP contribution >= 0.6 is 0 Å². The molecule has 24 heavy (non-hydrogen) atoms. The summed E-state index contributed by atoms with van der Waals surface area (Å²) in [5.74, 6) is -2.39. The maximum absolute atomic E-state index is 12.6. The molecular formula is C14H18N4O6. The van der Waals surface area contributed by atoms with Crippen molar-refractivity contribution < 1.29 is 29.3 Å². The van der Waals surface area contributed by atoms with Gasteiger partial charge in [-0.3, -0.25) is 9.59 Å². The second-order valence-electron chi connectivity index (χ2n) is 6.14. The number of aliphatic hydroxyl groups excluding tert-OH is 1. The number of allylic oxidation sites excluding steroid dienone is 2. The molecule has 0 radical (unpaired) electrons. The van der Waals surface area contributed by atoms with Gasteiger partial charge in [0.05, 0.1) is 23.4 Å². The molecule has 1 amide bonds. The zero-order chi connectivity index (χ0) is 18.0. The highest BCUT2D eigenvalue weighted by Gasteiger charge is 2.65. The van der Waals surface area contributed by atoms with Gasteiger partial charge >= 0.3 is 6.09 Å². The third-order valence-electron chi connectivity index (χ3n) is 4.89. The number of carbonyl (C=O) groups is 3. The number of rotatable bonds is 2. The smallest absolute Gasteiger partial charge is 0.404 e. The number of nitrogens with zero attached hydrogens (tertiary/aromatic N) is 1. The van der Waals surface area contributed by atoms with Crippen molar-refractivity contribution in [3.05, 3.63) is 22.5 Å². The van der Waals surface area contributed by atoms with E-state index in [0.29, 0.717) is 0 Å². The van der Waals surface area contributed by atoms with E-state index in [2.05, 4.69) is 0 Å². The van der Waals surface area contributed by atoms with Crippen LogP contribution in [0.3, 0.4) is 0 Å². The lowest BCUT2D eigenvalue weighted by molar-refractivity contribution is -0.156. The fraction of sp³-hybridized carbons (Fsp3) is 0.500. The Hall–Kier alpha value is -2.43. The zero-order valence-corrected chi connectivity index (χ0v) is 12.9. The van der Waals surface area contributed by atoms with E-state index in [1.54, 1.807) is 0 Å². The van der Waals surface area contributed by atoms with Gasteiger partial charge in [0.25, 0.3) is 0 Å². The second kappa shape index (κ2) is 5.03. The molecular weight excluding hydrogens is 320 g/mol. The summed E-state index contributed by atoms with van der Waals surface area (Å²) in [6.45, 7) is 0.851. The molecule has 3 aliphatic rings. The average molecular weight is 338 g/mol. The standard InChI is InChI=1S/C14H18N4O6/c1-4-8(16)11(20)7-5(3-24-13(17)22)14(23)12(21)6(15)2-18(14)9(7)10(4)19/h5-6,12,21,23H,2-3,15-16H2,1H3,(H2,17,22)/t5-,6+,12+,14-/m1/s1. The molecule has 1 aliphatic carbocycles. The summed E-state index contributed by atoms with van der Waals surface area (Å²) in [6, 6.07) is -0.855. The molecule has 3 rings (SSSR count). The van der Waals surface area contributed by atoms with Gasteiger partial charge in [-0.05, 0) is 6.92 Å². The van der Waals surface area contributed by atoms with Crippen molar-refractivity contribution in [1.82, 2.24) is 4.90 Å². The number of aliphatic hydroxyl groups is 2. The Balaban J connectivity index is 2.14. The van der Waals surface area contributed by atoms with Crippen LogP contribution in [0.2, 0.25) is 0 Å². The predicted octanol–water partition coefficient (Wildman–Crippen LogP) is -2.96. The average Bonchev–Trinajstić information content (AvgIpc) is 2.90. The summed E-state index contributed by atoms with van der Waals surface area (Å²) in [5, 5.41) is 21.4. The minimum absolute atomic E-state index is 0.0459. The number of hydrogen-bond donors (Lipinski definition) is 5. The first-order valence-electron chi connectivity index (χ1n) is 7.28. The number of ketones is 2. The topological polar surface area (TPSA) is 182 Å². The number of ether oxygens (including phenoxy) is 1. The molecule has 0 saturated carbocycles. The number of carbonyl (C=O) groups excluding carboxylic acids is 3. The SMILES string of the molecule is CC1=C(N)C(=O)C2=C(C1=O)N1C[C@H](N)[C@H](O)[C@]1(O)[C@@H]2COC(N)=O. The van der Waals surface area contributed by atoms with Crippen molar-refractivity contribution in [3.63, 3.8) is 0 Å². The van der Waals surface area contributed by atoms with E-state index in [9.17, 15) is 24.6 Å². The maximum Gasteiger partial charge on any atom is 0.404 e. The first-order chi connectivity index (χ1) is 11.1. The van der Waals surface area contributed by atoms with E-state index in [1.165, 1.54) is 11.8 Å². The summed E-state index contributed by atoms with van der Waals surface area (Å²) in [6.07, 6.45) is -2.59. The van der Waals surface area contributed by atoms with Gasteiger partial charge in [0.2, 0.25) is 11.6 Å². The first-order valence-corrected chi connectivity index (χ1v) is 7.28. The molecule has 1 fully saturated rings. The maximum atomic E-state index is 12.6. The lowest BCUT2D eigenvalue weighted by Crippen LogP contribution is -2.55. The van der Waals surface area contributed by atoms with Crippen molar-refractivity contribution in [2.24, 2.45) is 23.1 Å². The van der Waals surface area contributed by atoms with Crippen LogP contribution in [-0.2, 0) is 14.3 Å². The van der Waals surface area contributed by atoms with Gasteiger partial charge in [-0.2, -0.15) is 0 Å². The van der Waals surface area contributed by atoms with Crippen molar-refractivity contribution in [3.8, 4) is 0 Å². The summed E-state index contributed by atoms with van der Waals surface area (Å²) >= 11 is 0. The van der Waals surface area contributed by atoms with Gasteiger partial charge in [0.1, 0.15) is 12.7 Å². The zero-order valence-electron chi connectivity index (χ0n) is 12.9. The van der Waals surface area contributed by atoms with Gasteiger partial charge in [-0.25, -0.2) is 4.79 Å². The number of Topliss-reactive ketones (excluding diaryl/α,β-unsaturated/α-hetero) is 2. The van der Waals surface area contributed by atoms with Gasteiger partial charge < -0.3 is 37.1 Å². The first kappa shape index (κ1) is 16.4. The molecule has 0 aromatic carbocycles. The molecule has 10 heteroatoms. The predicted molar refractivity (Wildman–Crippen MR) is 78.6 cm³/mol. The van der Waals surface area contributed by atoms with Gasteiger partial charge in [-0.15, -0.1) is 0 Å². The van der Waals surface area contributed by atoms with Crippen LogP contribution in [0.4, 0.5) is 4.79 Å². The molecule has 2 aliphatic heterocycles. The minimum Gasteiger partial charge on any atom is -0.449 e. The van der Waals surface area contributed by atoms with Gasteiger partial charge in [0, 0.05) is 17.7 Å². The highest BCUT2D eigenvalue weighted by molar-refractivity contribution is 6.25. The van der Waals surface area contributed by atoms with E-state index in [0.717, 1.165) is 0 Å². The van der Waals surface area contributed by atoms with Crippen LogP contribution in [0.25, 0.3) is 0 Å². The molecule has 10 nitrogen and oxygen atoms in total. The Labute approximate surface area is 136 Å². The van der Waals surface area contributed by atoms with Crippen molar-refractivity contribution in [2.45, 2.75) is 24.8 Å². The molecule has 0 aromatic heterocycles. The Morgan fingerprint density at radius 3 is 2.62 bits per heavy atom. The molecule has 0 bridgehead atoms. The fourth-order valence-electron chi connectivity index (χ4n) is 3.62.